The van der Waals surface area contributed by atoms with E-state index in [0.717, 1.165) is 12.3 Å². The first-order valence-corrected chi connectivity index (χ1v) is 9.85. The zero-order valence-electron chi connectivity index (χ0n) is 17.0. The Morgan fingerprint density at radius 3 is 2.62 bits per heavy atom. The Hall–Kier alpha value is -3.63. The molecule has 1 fully saturated rings. The van der Waals surface area contributed by atoms with Crippen molar-refractivity contribution in [1.29, 1.82) is 0 Å². The summed E-state index contributed by atoms with van der Waals surface area (Å²) < 4.78 is 43.2. The van der Waals surface area contributed by atoms with E-state index in [2.05, 4.69) is 10.3 Å². The number of esters is 1. The number of nitrogens with one attached hydrogen (secondary N) is 1. The number of hydrogen-bond donors (Lipinski definition) is 1. The number of hydrogen-bond acceptors (Lipinski definition) is 6. The second kappa shape index (κ2) is 8.13. The highest BCUT2D eigenvalue weighted by molar-refractivity contribution is 6.39. The Labute approximate surface area is 181 Å². The normalized spacial score (nSPS) is 18.2. The van der Waals surface area contributed by atoms with Gasteiger partial charge in [-0.2, -0.15) is 13.2 Å². The summed E-state index contributed by atoms with van der Waals surface area (Å²) in [4.78, 5) is 43.5. The van der Waals surface area contributed by atoms with E-state index < -0.39 is 23.6 Å². The van der Waals surface area contributed by atoms with Crippen molar-refractivity contribution in [3.63, 3.8) is 0 Å². The molecule has 0 spiro atoms. The molecule has 1 aromatic heterocycles. The van der Waals surface area contributed by atoms with E-state index in [1.54, 1.807) is 24.0 Å². The summed E-state index contributed by atoms with van der Waals surface area (Å²) in [5.41, 5.74) is 0.207. The minimum atomic E-state index is -4.46. The first-order valence-electron chi connectivity index (χ1n) is 9.85. The highest BCUT2D eigenvalue weighted by Gasteiger charge is 2.33. The van der Waals surface area contributed by atoms with Crippen molar-refractivity contribution in [3.8, 4) is 5.75 Å². The molecule has 2 aliphatic heterocycles. The van der Waals surface area contributed by atoms with Crippen LogP contribution >= 0.6 is 0 Å². The number of benzene rings is 1. The zero-order valence-corrected chi connectivity index (χ0v) is 17.0. The predicted octanol–water partition coefficient (Wildman–Crippen LogP) is 2.24. The fourth-order valence-electron chi connectivity index (χ4n) is 3.71. The van der Waals surface area contributed by atoms with E-state index in [9.17, 15) is 27.6 Å². The minimum absolute atomic E-state index is 0.165. The molecule has 168 valence electrons. The van der Waals surface area contributed by atoms with Crippen LogP contribution in [0.4, 0.5) is 24.7 Å². The topological polar surface area (TPSA) is 91.8 Å². The molecule has 1 aromatic carbocycles. The quantitative estimate of drug-likeness (QED) is 0.431. The van der Waals surface area contributed by atoms with Crippen molar-refractivity contribution in [1.82, 2.24) is 9.88 Å². The second-order valence-corrected chi connectivity index (χ2v) is 7.62. The monoisotopic (exact) mass is 448 g/mol. The van der Waals surface area contributed by atoms with Gasteiger partial charge in [-0.15, -0.1) is 0 Å². The van der Waals surface area contributed by atoms with Crippen molar-refractivity contribution < 1.29 is 32.3 Å². The lowest BCUT2D eigenvalue weighted by Gasteiger charge is -2.40. The van der Waals surface area contributed by atoms with E-state index in [4.69, 9.17) is 4.74 Å². The first kappa shape index (κ1) is 21.6. The maximum Gasteiger partial charge on any atom is 0.417 e. The molecule has 2 aromatic rings. The van der Waals surface area contributed by atoms with Crippen LogP contribution in [0.3, 0.4) is 0 Å². The molecule has 11 heteroatoms. The van der Waals surface area contributed by atoms with Gasteiger partial charge in [0.15, 0.2) is 0 Å². The Balaban J connectivity index is 1.37. The summed E-state index contributed by atoms with van der Waals surface area (Å²) in [6.07, 6.45) is -3.52. The number of nitrogens with zero attached hydrogens (tertiary/aromatic N) is 3. The van der Waals surface area contributed by atoms with Crippen LogP contribution in [0.2, 0.25) is 0 Å². The molecule has 32 heavy (non-hydrogen) atoms. The van der Waals surface area contributed by atoms with Crippen molar-refractivity contribution in [2.24, 2.45) is 0 Å². The fraction of sp³-hybridized carbons (Fsp3) is 0.333. The molecule has 0 aliphatic carbocycles. The number of anilines is 2. The molecule has 8 nitrogen and oxygen atoms in total. The Kier molecular flexibility index (Phi) is 5.49. The number of piperazine rings is 1. The maximum atomic E-state index is 12.7. The third-order valence-electron chi connectivity index (χ3n) is 5.37. The minimum Gasteiger partial charge on any atom is -0.426 e. The Morgan fingerprint density at radius 1 is 1.19 bits per heavy atom. The third kappa shape index (κ3) is 4.36. The number of aromatic nitrogens is 1. The number of amides is 2. The van der Waals surface area contributed by atoms with E-state index in [1.165, 1.54) is 17.0 Å². The van der Waals surface area contributed by atoms with Crippen LogP contribution in [0.25, 0.3) is 0 Å². The molecule has 2 aliphatic rings. The fourth-order valence-corrected chi connectivity index (χ4v) is 3.71. The largest absolute Gasteiger partial charge is 0.426 e. The summed E-state index contributed by atoms with van der Waals surface area (Å²) in [6, 6.07) is 6.62. The van der Waals surface area contributed by atoms with Gasteiger partial charge in [0.25, 0.3) is 0 Å². The second-order valence-electron chi connectivity index (χ2n) is 7.62. The summed E-state index contributed by atoms with van der Waals surface area (Å²) in [5, 5.41) is 2.51. The first-order chi connectivity index (χ1) is 15.1. The van der Waals surface area contributed by atoms with Gasteiger partial charge >= 0.3 is 24.0 Å². The molecular weight excluding hydrogens is 429 g/mol. The van der Waals surface area contributed by atoms with Gasteiger partial charge < -0.3 is 19.9 Å². The van der Waals surface area contributed by atoms with E-state index in [1.807, 2.05) is 0 Å². The van der Waals surface area contributed by atoms with Crippen LogP contribution in [0.15, 0.2) is 36.5 Å². The zero-order chi connectivity index (χ0) is 23.0. The van der Waals surface area contributed by atoms with Gasteiger partial charge in [0.2, 0.25) is 0 Å². The lowest BCUT2D eigenvalue weighted by molar-refractivity contribution is -0.144. The van der Waals surface area contributed by atoms with Crippen LogP contribution in [0, 0.1) is 0 Å². The van der Waals surface area contributed by atoms with Crippen LogP contribution in [0.5, 0.6) is 5.75 Å². The van der Waals surface area contributed by atoms with Crippen LogP contribution in [-0.4, -0.2) is 53.3 Å². The van der Waals surface area contributed by atoms with Crippen LogP contribution < -0.4 is 15.0 Å². The number of halogens is 3. The standard InChI is InChI=1S/C21H19F3N4O4/c1-12-11-27(17-5-3-14(10-25-17)21(22,23)24)6-7-28(12)20(31)19(30)26-15-4-2-13-8-18(29)32-16(13)9-15/h2-5,9-10,12H,6-8,11H2,1H3,(H,26,30)/t12-/m1/s1. The van der Waals surface area contributed by atoms with Gasteiger partial charge in [-0.25, -0.2) is 4.98 Å². The maximum absolute atomic E-state index is 12.7. The molecule has 0 unspecified atom stereocenters. The van der Waals surface area contributed by atoms with Crippen LogP contribution in [0.1, 0.15) is 18.1 Å². The molecule has 3 heterocycles. The summed E-state index contributed by atoms with van der Waals surface area (Å²) in [7, 11) is 0. The van der Waals surface area contributed by atoms with E-state index >= 15 is 0 Å². The molecule has 0 radical (unpaired) electrons. The number of rotatable bonds is 2. The van der Waals surface area contributed by atoms with Gasteiger partial charge in [-0.3, -0.25) is 14.4 Å². The van der Waals surface area contributed by atoms with Gasteiger partial charge in [0.1, 0.15) is 11.6 Å². The SMILES string of the molecule is C[C@@H]1CN(c2ccc(C(F)(F)F)cn2)CCN1C(=O)C(=O)Nc1ccc2c(c1)OC(=O)C2. The number of pyridine rings is 1. The number of carbonyl (C=O) groups excluding carboxylic acids is 3. The average Bonchev–Trinajstić information content (AvgIpc) is 3.12. The highest BCUT2D eigenvalue weighted by Crippen LogP contribution is 2.30. The van der Waals surface area contributed by atoms with Crippen molar-refractivity contribution >= 4 is 29.3 Å². The van der Waals surface area contributed by atoms with Crippen molar-refractivity contribution in [2.75, 3.05) is 29.9 Å². The van der Waals surface area contributed by atoms with E-state index in [0.29, 0.717) is 35.9 Å². The highest BCUT2D eigenvalue weighted by atomic mass is 19.4. The Morgan fingerprint density at radius 2 is 1.97 bits per heavy atom. The summed E-state index contributed by atoms with van der Waals surface area (Å²) in [6.45, 7) is 2.58. The molecule has 0 bridgehead atoms. The van der Waals surface area contributed by atoms with Gasteiger partial charge in [-0.05, 0) is 25.1 Å². The smallest absolute Gasteiger partial charge is 0.417 e. The molecule has 1 saturated heterocycles. The number of carbonyl (C=O) groups is 3. The molecule has 1 atom stereocenters. The van der Waals surface area contributed by atoms with E-state index in [-0.39, 0.29) is 25.0 Å². The molecule has 4 rings (SSSR count). The van der Waals surface area contributed by atoms with Gasteiger partial charge in [0, 0.05) is 49.2 Å². The molecule has 0 saturated carbocycles. The number of ether oxygens (including phenoxy) is 1. The molecule has 2 amide bonds. The summed E-state index contributed by atoms with van der Waals surface area (Å²) >= 11 is 0. The molecular formula is C21H19F3N4O4. The predicted molar refractivity (Wildman–Crippen MR) is 107 cm³/mol. The third-order valence-corrected chi connectivity index (χ3v) is 5.37. The average molecular weight is 448 g/mol. The summed E-state index contributed by atoms with van der Waals surface area (Å²) in [5.74, 6) is -1.22. The lowest BCUT2D eigenvalue weighted by Crippen LogP contribution is -2.56. The van der Waals surface area contributed by atoms with Gasteiger partial charge in [-0.1, -0.05) is 6.07 Å². The number of fused-ring (bicyclic) bond motifs is 1. The van der Waals surface area contributed by atoms with Crippen LogP contribution in [-0.2, 0) is 27.0 Å². The lowest BCUT2D eigenvalue weighted by atomic mass is 10.1. The van der Waals surface area contributed by atoms with Crippen molar-refractivity contribution in [3.05, 3.63) is 47.7 Å². The van der Waals surface area contributed by atoms with Crippen molar-refractivity contribution in [2.45, 2.75) is 25.6 Å². The molecule has 1 N–H and O–H groups in total. The Bertz CT molecular complexity index is 1070. The van der Waals surface area contributed by atoms with Gasteiger partial charge in [0.05, 0.1) is 12.0 Å². The number of alkyl halides is 3.